The van der Waals surface area contributed by atoms with Crippen LogP contribution in [0.15, 0.2) is 30.5 Å². The molecule has 1 saturated heterocycles. The number of hydrogen-bond donors (Lipinski definition) is 4. The predicted octanol–water partition coefficient (Wildman–Crippen LogP) is -0.439. The maximum Gasteiger partial charge on any atom is 0.269 e. The molecule has 1 aromatic carbocycles. The Kier molecular flexibility index (Phi) is 4.61. The molecule has 8 heteroatoms. The number of carbonyl (C=O) groups excluding carboxylic acids is 1. The van der Waals surface area contributed by atoms with E-state index < -0.39 is 17.7 Å². The fraction of sp³-hybridized carbons (Fsp3) is 0.278. The zero-order valence-electron chi connectivity index (χ0n) is 14.2. The average Bonchev–Trinajstić information content (AvgIpc) is 2.88. The van der Waals surface area contributed by atoms with E-state index in [2.05, 4.69) is 21.8 Å². The van der Waals surface area contributed by atoms with Gasteiger partial charge in [0.25, 0.3) is 5.91 Å². The van der Waals surface area contributed by atoms with E-state index in [9.17, 15) is 15.0 Å². The Morgan fingerprint density at radius 1 is 1.46 bits per heavy atom. The third-order valence-corrected chi connectivity index (χ3v) is 4.28. The Bertz CT molecular complexity index is 921. The first-order valence-corrected chi connectivity index (χ1v) is 7.97. The van der Waals surface area contributed by atoms with Gasteiger partial charge >= 0.3 is 0 Å². The van der Waals surface area contributed by atoms with Crippen molar-refractivity contribution >= 4 is 11.6 Å². The monoisotopic (exact) mass is 353 g/mol. The van der Waals surface area contributed by atoms with Gasteiger partial charge in [0.1, 0.15) is 6.23 Å². The molecule has 3 rings (SSSR count). The molecule has 0 aliphatic carbocycles. The molecule has 134 valence electrons. The van der Waals surface area contributed by atoms with Gasteiger partial charge in [-0.25, -0.2) is 9.97 Å². The first-order valence-electron chi connectivity index (χ1n) is 7.97. The van der Waals surface area contributed by atoms with Gasteiger partial charge in [-0.05, 0) is 19.2 Å². The summed E-state index contributed by atoms with van der Waals surface area (Å²) in [5, 5.41) is 20.5. The maximum absolute atomic E-state index is 11.4. The van der Waals surface area contributed by atoms with E-state index in [-0.39, 0.29) is 17.2 Å². The van der Waals surface area contributed by atoms with Crippen molar-refractivity contribution in [2.75, 3.05) is 19.3 Å². The number of aliphatic hydroxyl groups excluding tert-OH is 1. The van der Waals surface area contributed by atoms with Crippen molar-refractivity contribution in [3.05, 3.63) is 41.7 Å². The van der Waals surface area contributed by atoms with Crippen LogP contribution < -0.4 is 11.5 Å². The van der Waals surface area contributed by atoms with Crippen molar-refractivity contribution in [1.29, 1.82) is 0 Å². The van der Waals surface area contributed by atoms with Crippen LogP contribution in [0.2, 0.25) is 0 Å². The van der Waals surface area contributed by atoms with E-state index in [4.69, 9.17) is 11.5 Å². The molecule has 0 bridgehead atoms. The number of rotatable bonds is 2. The van der Waals surface area contributed by atoms with E-state index in [0.717, 1.165) is 0 Å². The summed E-state index contributed by atoms with van der Waals surface area (Å²) in [4.78, 5) is 21.2. The number of amides is 1. The number of aliphatic hydroxyl groups is 2. The van der Waals surface area contributed by atoms with Gasteiger partial charge in [0.15, 0.2) is 17.1 Å². The lowest BCUT2D eigenvalue weighted by Gasteiger charge is -2.22. The van der Waals surface area contributed by atoms with Crippen LogP contribution in [0.25, 0.3) is 11.4 Å². The first kappa shape index (κ1) is 17.8. The van der Waals surface area contributed by atoms with Gasteiger partial charge in [0.2, 0.25) is 0 Å². The third-order valence-electron chi connectivity index (χ3n) is 4.28. The molecule has 6 N–H and O–H groups in total. The Labute approximate surface area is 150 Å². The zero-order valence-corrected chi connectivity index (χ0v) is 14.2. The number of likely N-dealkylation sites (N-methyl/N-ethyl adjacent to an activating group) is 1. The molecule has 1 fully saturated rings. The molecule has 2 atom stereocenters. The lowest BCUT2D eigenvalue weighted by atomic mass is 10.0. The standard InChI is InChI=1S/C18H19N5O3/c1-23-8-7-18(26,17(23)25)6-5-11-3-2-4-12(9-11)16-21-10-13(19)14(22-16)15(20)24/h2-4,9-10,17,25-26H,7-8,19H2,1H3,(H2,20,24)/t17?,18-/m0/s1. The highest BCUT2D eigenvalue weighted by Gasteiger charge is 2.42. The minimum absolute atomic E-state index is 0.0436. The van der Waals surface area contributed by atoms with Gasteiger partial charge in [-0.3, -0.25) is 9.69 Å². The second kappa shape index (κ2) is 6.72. The Morgan fingerprint density at radius 2 is 2.23 bits per heavy atom. The second-order valence-electron chi connectivity index (χ2n) is 6.22. The number of likely N-dealkylation sites (tertiary alicyclic amines) is 1. The van der Waals surface area contributed by atoms with Gasteiger partial charge < -0.3 is 21.7 Å². The van der Waals surface area contributed by atoms with Crippen LogP contribution in [0.3, 0.4) is 0 Å². The third kappa shape index (κ3) is 3.36. The van der Waals surface area contributed by atoms with Crippen molar-refractivity contribution in [1.82, 2.24) is 14.9 Å². The first-order chi connectivity index (χ1) is 12.3. The highest BCUT2D eigenvalue weighted by molar-refractivity contribution is 5.96. The van der Waals surface area contributed by atoms with Crippen molar-refractivity contribution in [2.45, 2.75) is 18.2 Å². The minimum Gasteiger partial charge on any atom is -0.396 e. The second-order valence-corrected chi connectivity index (χ2v) is 6.22. The largest absolute Gasteiger partial charge is 0.396 e. The molecule has 2 heterocycles. The number of primary amides is 1. The average molecular weight is 353 g/mol. The van der Waals surface area contributed by atoms with Crippen molar-refractivity contribution in [2.24, 2.45) is 5.73 Å². The molecular weight excluding hydrogens is 334 g/mol. The van der Waals surface area contributed by atoms with E-state index in [1.54, 1.807) is 36.2 Å². The van der Waals surface area contributed by atoms with Gasteiger partial charge in [-0.1, -0.05) is 24.0 Å². The molecule has 0 saturated carbocycles. The minimum atomic E-state index is -1.47. The fourth-order valence-electron chi connectivity index (χ4n) is 2.73. The topological polar surface area (TPSA) is 139 Å². The number of nitrogens with zero attached hydrogens (tertiary/aromatic N) is 3. The van der Waals surface area contributed by atoms with Gasteiger partial charge in [0, 0.05) is 24.1 Å². The molecule has 0 radical (unpaired) electrons. The van der Waals surface area contributed by atoms with Crippen LogP contribution in [-0.2, 0) is 0 Å². The van der Waals surface area contributed by atoms with Crippen molar-refractivity contribution in [3.8, 4) is 23.2 Å². The highest BCUT2D eigenvalue weighted by Crippen LogP contribution is 2.25. The normalized spacial score (nSPS) is 22.7. The van der Waals surface area contributed by atoms with Gasteiger partial charge in [-0.2, -0.15) is 0 Å². The summed E-state index contributed by atoms with van der Waals surface area (Å²) in [6, 6.07) is 6.99. The fourth-order valence-corrected chi connectivity index (χ4v) is 2.73. The molecule has 8 nitrogen and oxygen atoms in total. The van der Waals surface area contributed by atoms with Gasteiger partial charge in [0.05, 0.1) is 11.9 Å². The molecule has 1 aromatic heterocycles. The van der Waals surface area contributed by atoms with E-state index in [1.165, 1.54) is 6.20 Å². The lowest BCUT2D eigenvalue weighted by molar-refractivity contribution is -0.0633. The SMILES string of the molecule is CN1CC[C@@](O)(C#Cc2cccc(-c3ncc(N)c(C(N)=O)n3)c2)C1O. The number of benzene rings is 1. The summed E-state index contributed by atoms with van der Waals surface area (Å²) in [6.07, 6.45) is 0.658. The molecule has 2 aromatic rings. The number of hydrogen-bond acceptors (Lipinski definition) is 7. The lowest BCUT2D eigenvalue weighted by Crippen LogP contribution is -2.42. The summed E-state index contributed by atoms with van der Waals surface area (Å²) >= 11 is 0. The molecular formula is C18H19N5O3. The molecule has 1 unspecified atom stereocenters. The number of anilines is 1. The molecule has 1 aliphatic rings. The van der Waals surface area contributed by atoms with Crippen LogP contribution in [0.5, 0.6) is 0 Å². The van der Waals surface area contributed by atoms with Crippen LogP contribution in [0.1, 0.15) is 22.5 Å². The van der Waals surface area contributed by atoms with Crippen molar-refractivity contribution < 1.29 is 15.0 Å². The maximum atomic E-state index is 11.4. The summed E-state index contributed by atoms with van der Waals surface area (Å²) < 4.78 is 0. The van der Waals surface area contributed by atoms with Crippen LogP contribution >= 0.6 is 0 Å². The number of carbonyl (C=O) groups is 1. The van der Waals surface area contributed by atoms with Crippen LogP contribution in [0.4, 0.5) is 5.69 Å². The number of nitrogen functional groups attached to an aromatic ring is 1. The number of aromatic nitrogens is 2. The Hall–Kier alpha value is -2.99. The van der Waals surface area contributed by atoms with Crippen LogP contribution in [-0.4, -0.2) is 56.4 Å². The summed E-state index contributed by atoms with van der Waals surface area (Å²) in [7, 11) is 1.72. The highest BCUT2D eigenvalue weighted by atomic mass is 16.4. The van der Waals surface area contributed by atoms with E-state index in [1.807, 2.05) is 0 Å². The molecule has 0 spiro atoms. The number of nitrogens with two attached hydrogens (primary N) is 2. The quantitative estimate of drug-likeness (QED) is 0.537. The Balaban J connectivity index is 1.92. The summed E-state index contributed by atoms with van der Waals surface area (Å²) in [6.45, 7) is 0.557. The molecule has 1 aliphatic heterocycles. The zero-order chi connectivity index (χ0) is 18.9. The molecule has 1 amide bonds. The smallest absolute Gasteiger partial charge is 0.269 e. The van der Waals surface area contributed by atoms with E-state index >= 15 is 0 Å². The van der Waals surface area contributed by atoms with E-state index in [0.29, 0.717) is 24.1 Å². The summed E-state index contributed by atoms with van der Waals surface area (Å²) in [5.41, 5.74) is 10.7. The van der Waals surface area contributed by atoms with Gasteiger partial charge in [-0.15, -0.1) is 0 Å². The van der Waals surface area contributed by atoms with Crippen LogP contribution in [0, 0.1) is 11.8 Å². The summed E-state index contributed by atoms with van der Waals surface area (Å²) in [5.74, 6) is 5.18. The Morgan fingerprint density at radius 3 is 2.88 bits per heavy atom. The predicted molar refractivity (Wildman–Crippen MR) is 95.5 cm³/mol. The van der Waals surface area contributed by atoms with Crippen molar-refractivity contribution in [3.63, 3.8) is 0 Å². The molecule has 26 heavy (non-hydrogen) atoms.